The van der Waals surface area contributed by atoms with E-state index in [1.165, 1.54) is 11.3 Å². The van der Waals surface area contributed by atoms with Gasteiger partial charge in [0.25, 0.3) is 0 Å². The van der Waals surface area contributed by atoms with Gasteiger partial charge in [0, 0.05) is 5.71 Å². The highest BCUT2D eigenvalue weighted by atomic mass is 14.7. The van der Waals surface area contributed by atoms with Crippen molar-refractivity contribution >= 4 is 5.71 Å². The standard InChI is InChI=1S/C7H11N/c1-3-7-4-6(2)8-5-7/h4H,3,5H2,1-2H3. The molecule has 1 aliphatic rings. The van der Waals surface area contributed by atoms with Crippen LogP contribution in [-0.4, -0.2) is 12.3 Å². The molecule has 0 fully saturated rings. The highest BCUT2D eigenvalue weighted by Gasteiger charge is 1.99. The predicted octanol–water partition coefficient (Wildman–Crippen LogP) is 1.80. The highest BCUT2D eigenvalue weighted by molar-refractivity contribution is 5.95. The molecule has 0 aromatic rings. The number of aliphatic imine (C=N–C) groups is 1. The molecule has 0 N–H and O–H groups in total. The van der Waals surface area contributed by atoms with E-state index in [0.717, 1.165) is 13.0 Å². The molecular formula is C7H11N. The molecule has 0 saturated carbocycles. The van der Waals surface area contributed by atoms with Gasteiger partial charge in [0.1, 0.15) is 0 Å². The van der Waals surface area contributed by atoms with Gasteiger partial charge < -0.3 is 0 Å². The summed E-state index contributed by atoms with van der Waals surface area (Å²) in [5.41, 5.74) is 2.64. The predicted molar refractivity (Wildman–Crippen MR) is 36.4 cm³/mol. The smallest absolute Gasteiger partial charge is 0.0606 e. The van der Waals surface area contributed by atoms with Crippen molar-refractivity contribution in [2.75, 3.05) is 6.54 Å². The fourth-order valence-electron chi connectivity index (χ4n) is 0.827. The summed E-state index contributed by atoms with van der Waals surface area (Å²) in [4.78, 5) is 4.21. The molecule has 0 saturated heterocycles. The maximum Gasteiger partial charge on any atom is 0.0606 e. The van der Waals surface area contributed by atoms with Crippen LogP contribution in [0.4, 0.5) is 0 Å². The summed E-state index contributed by atoms with van der Waals surface area (Å²) >= 11 is 0. The molecule has 0 spiro atoms. The van der Waals surface area contributed by atoms with Crippen molar-refractivity contribution < 1.29 is 0 Å². The van der Waals surface area contributed by atoms with Crippen LogP contribution in [0.15, 0.2) is 16.6 Å². The Balaban J connectivity index is 2.56. The van der Waals surface area contributed by atoms with Gasteiger partial charge in [-0.1, -0.05) is 6.92 Å². The fourth-order valence-corrected chi connectivity index (χ4v) is 0.827. The molecule has 0 radical (unpaired) electrons. The molecule has 0 unspecified atom stereocenters. The Morgan fingerprint density at radius 2 is 2.50 bits per heavy atom. The minimum atomic E-state index is 0.947. The summed E-state index contributed by atoms with van der Waals surface area (Å²) in [6, 6.07) is 0. The molecule has 1 heterocycles. The molecule has 0 atom stereocenters. The van der Waals surface area contributed by atoms with Crippen molar-refractivity contribution in [3.8, 4) is 0 Å². The van der Waals surface area contributed by atoms with Gasteiger partial charge in [0.15, 0.2) is 0 Å². The summed E-state index contributed by atoms with van der Waals surface area (Å²) in [6.45, 7) is 5.16. The maximum atomic E-state index is 4.21. The lowest BCUT2D eigenvalue weighted by Gasteiger charge is -1.87. The second-order valence-electron chi connectivity index (χ2n) is 2.11. The van der Waals surface area contributed by atoms with Crippen molar-refractivity contribution in [2.45, 2.75) is 20.3 Å². The van der Waals surface area contributed by atoms with Crippen molar-refractivity contribution in [1.82, 2.24) is 0 Å². The normalized spacial score (nSPS) is 18.2. The Labute approximate surface area is 50.1 Å². The van der Waals surface area contributed by atoms with Crippen molar-refractivity contribution in [3.63, 3.8) is 0 Å². The SMILES string of the molecule is CCC1=CC(C)=NC1. The Morgan fingerprint density at radius 1 is 1.75 bits per heavy atom. The number of nitrogens with zero attached hydrogens (tertiary/aromatic N) is 1. The largest absolute Gasteiger partial charge is 0.286 e. The first-order valence-electron chi connectivity index (χ1n) is 3.03. The lowest BCUT2D eigenvalue weighted by molar-refractivity contribution is 1.03. The quantitative estimate of drug-likeness (QED) is 0.487. The van der Waals surface area contributed by atoms with Crippen LogP contribution in [-0.2, 0) is 0 Å². The fraction of sp³-hybridized carbons (Fsp3) is 0.571. The van der Waals surface area contributed by atoms with E-state index in [1.807, 2.05) is 6.92 Å². The van der Waals surface area contributed by atoms with Crippen molar-refractivity contribution in [1.29, 1.82) is 0 Å². The molecule has 44 valence electrons. The lowest BCUT2D eigenvalue weighted by atomic mass is 10.2. The van der Waals surface area contributed by atoms with Crippen LogP contribution in [0.1, 0.15) is 20.3 Å². The second kappa shape index (κ2) is 2.12. The monoisotopic (exact) mass is 109 g/mol. The van der Waals surface area contributed by atoms with E-state index in [4.69, 9.17) is 0 Å². The van der Waals surface area contributed by atoms with Gasteiger partial charge in [-0.05, 0) is 25.0 Å². The zero-order chi connectivity index (χ0) is 5.98. The molecule has 0 bridgehead atoms. The topological polar surface area (TPSA) is 12.4 Å². The van der Waals surface area contributed by atoms with Crippen LogP contribution >= 0.6 is 0 Å². The van der Waals surface area contributed by atoms with Gasteiger partial charge in [-0.25, -0.2) is 0 Å². The van der Waals surface area contributed by atoms with Crippen LogP contribution in [0.5, 0.6) is 0 Å². The third kappa shape index (κ3) is 0.971. The van der Waals surface area contributed by atoms with E-state index in [-0.39, 0.29) is 0 Å². The molecule has 0 aromatic carbocycles. The molecule has 1 nitrogen and oxygen atoms in total. The van der Waals surface area contributed by atoms with E-state index in [1.54, 1.807) is 0 Å². The van der Waals surface area contributed by atoms with Gasteiger partial charge in [-0.3, -0.25) is 4.99 Å². The summed E-state index contributed by atoms with van der Waals surface area (Å²) in [7, 11) is 0. The summed E-state index contributed by atoms with van der Waals surface area (Å²) in [6.07, 6.45) is 3.32. The van der Waals surface area contributed by atoms with E-state index >= 15 is 0 Å². The molecule has 0 aromatic heterocycles. The van der Waals surface area contributed by atoms with E-state index < -0.39 is 0 Å². The molecule has 0 aliphatic carbocycles. The van der Waals surface area contributed by atoms with Crippen LogP contribution < -0.4 is 0 Å². The molecule has 0 amide bonds. The van der Waals surface area contributed by atoms with Crippen LogP contribution in [0.25, 0.3) is 0 Å². The third-order valence-electron chi connectivity index (χ3n) is 1.40. The molecule has 8 heavy (non-hydrogen) atoms. The summed E-state index contributed by atoms with van der Waals surface area (Å²) < 4.78 is 0. The minimum Gasteiger partial charge on any atom is -0.286 e. The van der Waals surface area contributed by atoms with Gasteiger partial charge >= 0.3 is 0 Å². The maximum absolute atomic E-state index is 4.21. The minimum absolute atomic E-state index is 0.947. The number of hydrogen-bond donors (Lipinski definition) is 0. The first-order valence-corrected chi connectivity index (χ1v) is 3.03. The van der Waals surface area contributed by atoms with Crippen LogP contribution in [0, 0.1) is 0 Å². The van der Waals surface area contributed by atoms with Gasteiger partial charge in [-0.15, -0.1) is 0 Å². The number of rotatable bonds is 1. The number of allylic oxidation sites excluding steroid dienone is 1. The zero-order valence-electron chi connectivity index (χ0n) is 5.44. The van der Waals surface area contributed by atoms with Gasteiger partial charge in [0.2, 0.25) is 0 Å². The van der Waals surface area contributed by atoms with E-state index in [0.29, 0.717) is 0 Å². The van der Waals surface area contributed by atoms with E-state index in [2.05, 4.69) is 18.0 Å². The molecular weight excluding hydrogens is 98.1 g/mol. The second-order valence-corrected chi connectivity index (χ2v) is 2.11. The number of hydrogen-bond acceptors (Lipinski definition) is 1. The van der Waals surface area contributed by atoms with Crippen molar-refractivity contribution in [2.24, 2.45) is 4.99 Å². The average molecular weight is 109 g/mol. The summed E-state index contributed by atoms with van der Waals surface area (Å²) in [5, 5.41) is 0. The average Bonchev–Trinajstić information content (AvgIpc) is 2.14. The van der Waals surface area contributed by atoms with Crippen LogP contribution in [0.2, 0.25) is 0 Å². The van der Waals surface area contributed by atoms with E-state index in [9.17, 15) is 0 Å². The Bertz CT molecular complexity index is 142. The summed E-state index contributed by atoms with van der Waals surface area (Å²) in [5.74, 6) is 0. The van der Waals surface area contributed by atoms with Crippen LogP contribution in [0.3, 0.4) is 0 Å². The van der Waals surface area contributed by atoms with Gasteiger partial charge in [-0.2, -0.15) is 0 Å². The Morgan fingerprint density at radius 3 is 2.75 bits per heavy atom. The highest BCUT2D eigenvalue weighted by Crippen LogP contribution is 2.07. The molecule has 1 rings (SSSR count). The molecule has 1 aliphatic heterocycles. The molecule has 1 heteroatoms. The third-order valence-corrected chi connectivity index (χ3v) is 1.40. The van der Waals surface area contributed by atoms with Gasteiger partial charge in [0.05, 0.1) is 6.54 Å². The Hall–Kier alpha value is -0.590. The first-order chi connectivity index (χ1) is 3.83. The first kappa shape index (κ1) is 5.54. The van der Waals surface area contributed by atoms with Crippen molar-refractivity contribution in [3.05, 3.63) is 11.6 Å². The lowest BCUT2D eigenvalue weighted by Crippen LogP contribution is -1.77. The zero-order valence-corrected chi connectivity index (χ0v) is 5.44. The Kier molecular flexibility index (Phi) is 1.47.